The molecule has 0 aromatic carbocycles. The number of rotatable bonds is 12. The first kappa shape index (κ1) is 21.7. The van der Waals surface area contributed by atoms with Crippen molar-refractivity contribution < 1.29 is 20.1 Å². The molecule has 0 spiro atoms. The molecule has 0 amide bonds. The molecule has 3 N–H and O–H groups in total. The average molecular weight is 403 g/mol. The van der Waals surface area contributed by atoms with E-state index < -0.39 is 5.97 Å². The van der Waals surface area contributed by atoms with Crippen LogP contribution in [0.3, 0.4) is 0 Å². The van der Waals surface area contributed by atoms with E-state index >= 15 is 0 Å². The van der Waals surface area contributed by atoms with E-state index in [0.29, 0.717) is 17.2 Å². The quantitative estimate of drug-likeness (QED) is 0.349. The highest BCUT2D eigenvalue weighted by Gasteiger charge is 2.40. The van der Waals surface area contributed by atoms with Crippen molar-refractivity contribution in [2.24, 2.45) is 11.8 Å². The van der Waals surface area contributed by atoms with Gasteiger partial charge < -0.3 is 15.3 Å². The summed E-state index contributed by atoms with van der Waals surface area (Å²) in [4.78, 5) is 12.5. The molecule has 0 bridgehead atoms. The number of carboxylic acids is 1. The van der Waals surface area contributed by atoms with Gasteiger partial charge in [-0.3, -0.25) is 0 Å². The van der Waals surface area contributed by atoms with Crippen LogP contribution >= 0.6 is 22.9 Å². The fraction of sp³-hybridized carbons (Fsp3) is 0.750. The van der Waals surface area contributed by atoms with E-state index in [1.165, 1.54) is 11.3 Å². The van der Waals surface area contributed by atoms with Crippen molar-refractivity contribution >= 4 is 28.9 Å². The third-order valence-electron chi connectivity index (χ3n) is 5.50. The van der Waals surface area contributed by atoms with Crippen molar-refractivity contribution in [2.45, 2.75) is 75.7 Å². The Morgan fingerprint density at radius 2 is 1.77 bits per heavy atom. The van der Waals surface area contributed by atoms with Crippen LogP contribution < -0.4 is 0 Å². The Morgan fingerprint density at radius 3 is 2.46 bits per heavy atom. The molecule has 1 aromatic heterocycles. The van der Waals surface area contributed by atoms with Crippen LogP contribution in [0.1, 0.15) is 72.3 Å². The Bertz CT molecular complexity index is 548. The van der Waals surface area contributed by atoms with Crippen molar-refractivity contribution in [1.82, 2.24) is 0 Å². The number of carbonyl (C=O) groups is 1. The van der Waals surface area contributed by atoms with Crippen LogP contribution in [0.5, 0.6) is 0 Å². The second kappa shape index (κ2) is 11.3. The zero-order chi connectivity index (χ0) is 18.9. The van der Waals surface area contributed by atoms with Crippen molar-refractivity contribution in [1.29, 1.82) is 0 Å². The maximum absolute atomic E-state index is 11.0. The van der Waals surface area contributed by atoms with Gasteiger partial charge in [0.2, 0.25) is 0 Å². The Labute approximate surface area is 165 Å². The van der Waals surface area contributed by atoms with Crippen molar-refractivity contribution in [2.75, 3.05) is 6.61 Å². The number of unbranched alkanes of at least 4 members (excludes halogenated alkanes) is 4. The summed E-state index contributed by atoms with van der Waals surface area (Å²) >= 11 is 7.86. The van der Waals surface area contributed by atoms with Gasteiger partial charge in [0.15, 0.2) is 0 Å². The van der Waals surface area contributed by atoms with Gasteiger partial charge in [0.05, 0.1) is 6.10 Å². The van der Waals surface area contributed by atoms with Crippen LogP contribution in [-0.4, -0.2) is 39.4 Å². The predicted molar refractivity (Wildman–Crippen MR) is 106 cm³/mol. The zero-order valence-electron chi connectivity index (χ0n) is 15.3. The van der Waals surface area contributed by atoms with Crippen molar-refractivity contribution in [3.05, 3.63) is 21.9 Å². The highest BCUT2D eigenvalue weighted by Crippen LogP contribution is 2.42. The number of aromatic carboxylic acids is 1. The summed E-state index contributed by atoms with van der Waals surface area (Å²) < 4.78 is 0. The molecular formula is C20H31ClO4S. The summed E-state index contributed by atoms with van der Waals surface area (Å²) in [6, 6.07) is 3.57. The van der Waals surface area contributed by atoms with Crippen LogP contribution in [0, 0.1) is 11.8 Å². The van der Waals surface area contributed by atoms with Gasteiger partial charge in [0, 0.05) is 16.9 Å². The van der Waals surface area contributed by atoms with E-state index in [9.17, 15) is 9.90 Å². The third-order valence-corrected chi connectivity index (χ3v) is 7.14. The summed E-state index contributed by atoms with van der Waals surface area (Å²) in [5.41, 5.74) is 0. The first-order valence-corrected chi connectivity index (χ1v) is 11.0. The van der Waals surface area contributed by atoms with Gasteiger partial charge >= 0.3 is 5.97 Å². The smallest absolute Gasteiger partial charge is 0.345 e. The molecule has 4 atom stereocenters. The number of carboxylic acid groups (broad SMARTS) is 1. The molecule has 148 valence electrons. The number of aliphatic hydroxyl groups excluding tert-OH is 2. The molecule has 2 rings (SSSR count). The largest absolute Gasteiger partial charge is 0.477 e. The van der Waals surface area contributed by atoms with E-state index in [4.69, 9.17) is 21.8 Å². The molecule has 1 aromatic rings. The zero-order valence-corrected chi connectivity index (χ0v) is 16.9. The lowest BCUT2D eigenvalue weighted by atomic mass is 9.86. The summed E-state index contributed by atoms with van der Waals surface area (Å²) in [5.74, 6) is -0.226. The summed E-state index contributed by atoms with van der Waals surface area (Å²) in [6.45, 7) is 0.273. The fourth-order valence-electron chi connectivity index (χ4n) is 4.10. The van der Waals surface area contributed by atoms with Crippen molar-refractivity contribution in [3.63, 3.8) is 0 Å². The van der Waals surface area contributed by atoms with Crippen molar-refractivity contribution in [3.8, 4) is 0 Å². The Kier molecular flexibility index (Phi) is 9.40. The topological polar surface area (TPSA) is 77.8 Å². The number of hydrogen-bond donors (Lipinski definition) is 3. The van der Waals surface area contributed by atoms with Gasteiger partial charge in [0.25, 0.3) is 0 Å². The van der Waals surface area contributed by atoms with Gasteiger partial charge in [-0.2, -0.15) is 0 Å². The predicted octanol–water partition coefficient (Wildman–Crippen LogP) is 4.71. The normalized spacial score (nSPS) is 25.7. The maximum Gasteiger partial charge on any atom is 0.345 e. The van der Waals surface area contributed by atoms with Crippen LogP contribution in [-0.2, 0) is 6.42 Å². The number of aryl methyl sites for hydroxylation is 1. The minimum atomic E-state index is -0.861. The standard InChI is InChI=1S/C20H31ClO4S/c21-17-13-18(23)16(8-4-2-1-3-5-12-22)15(17)9-6-7-14-10-11-19(26-14)20(24)25/h10-11,15-18,22-23H,1-9,12-13H2,(H,24,25)/t15?,16-,17?,18-/m1/s1. The second-order valence-corrected chi connectivity index (χ2v) is 9.12. The van der Waals surface area contributed by atoms with Crippen LogP contribution in [0.25, 0.3) is 0 Å². The lowest BCUT2D eigenvalue weighted by molar-refractivity contribution is 0.0702. The highest BCUT2D eigenvalue weighted by atomic mass is 35.5. The van der Waals surface area contributed by atoms with Crippen LogP contribution in [0.4, 0.5) is 0 Å². The average Bonchev–Trinajstić information content (AvgIpc) is 3.17. The number of hydrogen-bond acceptors (Lipinski definition) is 4. The summed E-state index contributed by atoms with van der Waals surface area (Å²) in [7, 11) is 0. The molecule has 6 heteroatoms. The monoisotopic (exact) mass is 402 g/mol. The molecule has 1 aliphatic carbocycles. The van der Waals surface area contributed by atoms with Gasteiger partial charge in [-0.05, 0) is 62.5 Å². The number of halogens is 1. The number of alkyl halides is 1. The molecule has 1 aliphatic rings. The highest BCUT2D eigenvalue weighted by molar-refractivity contribution is 7.13. The number of aliphatic hydroxyl groups is 2. The van der Waals surface area contributed by atoms with Crippen LogP contribution in [0.2, 0.25) is 0 Å². The lowest BCUT2D eigenvalue weighted by Crippen LogP contribution is -2.21. The summed E-state index contributed by atoms with van der Waals surface area (Å²) in [5, 5.41) is 28.2. The molecule has 1 fully saturated rings. The molecule has 0 radical (unpaired) electrons. The molecule has 1 saturated carbocycles. The molecule has 0 saturated heterocycles. The van der Waals surface area contributed by atoms with Gasteiger partial charge in [0.1, 0.15) is 4.88 Å². The fourth-order valence-corrected chi connectivity index (χ4v) is 5.48. The van der Waals surface area contributed by atoms with E-state index in [2.05, 4.69) is 0 Å². The number of thiophene rings is 1. The molecule has 26 heavy (non-hydrogen) atoms. The lowest BCUT2D eigenvalue weighted by Gasteiger charge is -2.23. The minimum Gasteiger partial charge on any atom is -0.477 e. The van der Waals surface area contributed by atoms with E-state index in [1.807, 2.05) is 6.07 Å². The van der Waals surface area contributed by atoms with E-state index in [0.717, 1.165) is 62.7 Å². The molecule has 1 heterocycles. The third kappa shape index (κ3) is 6.52. The summed E-state index contributed by atoms with van der Waals surface area (Å²) in [6.07, 6.45) is 9.62. The van der Waals surface area contributed by atoms with E-state index in [-0.39, 0.29) is 24.0 Å². The Hall–Kier alpha value is -0.620. The van der Waals surface area contributed by atoms with Gasteiger partial charge in [-0.15, -0.1) is 22.9 Å². The Balaban J connectivity index is 1.74. The molecule has 0 aliphatic heterocycles. The Morgan fingerprint density at radius 1 is 1.08 bits per heavy atom. The van der Waals surface area contributed by atoms with Gasteiger partial charge in [-0.25, -0.2) is 4.79 Å². The van der Waals surface area contributed by atoms with E-state index in [1.54, 1.807) is 6.07 Å². The molecule has 4 nitrogen and oxygen atoms in total. The first-order valence-electron chi connectivity index (χ1n) is 9.78. The van der Waals surface area contributed by atoms with Gasteiger partial charge in [-0.1, -0.05) is 25.7 Å². The maximum atomic E-state index is 11.0. The second-order valence-electron chi connectivity index (χ2n) is 7.39. The first-order chi connectivity index (χ1) is 12.5. The molecular weight excluding hydrogens is 372 g/mol. The SMILES string of the molecule is O=C(O)c1ccc(CCCC2C(Cl)C[C@@H](O)[C@@H]2CCCCCCCO)s1. The van der Waals surface area contributed by atoms with Crippen LogP contribution in [0.15, 0.2) is 12.1 Å². The minimum absolute atomic E-state index is 0.0438. The molecule has 2 unspecified atom stereocenters.